The molecule has 0 aliphatic rings. The predicted octanol–water partition coefficient (Wildman–Crippen LogP) is 6.61. The minimum absolute atomic E-state index is 0.212. The maximum absolute atomic E-state index is 10.0. The summed E-state index contributed by atoms with van der Waals surface area (Å²) < 4.78 is 5.04. The van der Waals surface area contributed by atoms with E-state index in [1.807, 2.05) is 0 Å². The van der Waals surface area contributed by atoms with E-state index in [0.717, 1.165) is 19.3 Å². The van der Waals surface area contributed by atoms with Gasteiger partial charge in [-0.15, -0.1) is 0 Å². The van der Waals surface area contributed by atoms with Gasteiger partial charge < -0.3 is 9.90 Å². The molecule has 0 unspecified atom stereocenters. The minimum atomic E-state index is -0.925. The molecule has 0 N–H and O–H groups in total. The number of unbranched alkanes of at least 4 members (excludes halogenated alkanes) is 5. The zero-order valence-electron chi connectivity index (χ0n) is 18.2. The first-order valence-corrected chi connectivity index (χ1v) is 16.9. The number of hydrogen-bond acceptors (Lipinski definition) is 2. The number of rotatable bonds is 14. The Bertz CT molecular complexity index is 265. The van der Waals surface area contributed by atoms with E-state index in [2.05, 4.69) is 41.5 Å². The van der Waals surface area contributed by atoms with Crippen LogP contribution in [-0.4, -0.2) is 25.7 Å². The van der Waals surface area contributed by atoms with Gasteiger partial charge in [0.1, 0.15) is 0 Å². The normalized spacial score (nSPS) is 11.0. The summed E-state index contributed by atoms with van der Waals surface area (Å²) in [6.07, 6.45) is 13.1. The van der Waals surface area contributed by atoms with Crippen molar-refractivity contribution in [1.82, 2.24) is 0 Å². The molecule has 0 amide bonds. The Morgan fingerprint density at radius 3 is 1.52 bits per heavy atom. The monoisotopic (exact) mass is 462 g/mol. The summed E-state index contributed by atoms with van der Waals surface area (Å²) in [7, 11) is 0. The summed E-state index contributed by atoms with van der Waals surface area (Å²) in [6, 6.07) is 0. The van der Waals surface area contributed by atoms with Crippen molar-refractivity contribution in [3.8, 4) is 0 Å². The van der Waals surface area contributed by atoms with Crippen LogP contribution < -0.4 is 5.11 Å². The van der Waals surface area contributed by atoms with E-state index in [1.54, 1.807) is 13.3 Å². The summed E-state index contributed by atoms with van der Waals surface area (Å²) in [5.41, 5.74) is 0.376. The van der Waals surface area contributed by atoms with Crippen LogP contribution in [0, 0.1) is 5.41 Å². The molecule has 0 aliphatic heterocycles. The molecule has 0 aromatic carbocycles. The third-order valence-corrected chi connectivity index (χ3v) is 13.5. The number of carbonyl (C=O) groups excluding carboxylic acids is 1. The van der Waals surface area contributed by atoms with Crippen molar-refractivity contribution < 1.29 is 9.90 Å². The Balaban J connectivity index is 0. The number of carbonyl (C=O) groups is 1. The molecule has 0 bridgehead atoms. The molecule has 0 radical (unpaired) electrons. The molecule has 0 aromatic heterocycles. The van der Waals surface area contributed by atoms with Crippen molar-refractivity contribution in [3.05, 3.63) is 0 Å². The third kappa shape index (κ3) is 26.6. The molecule has 150 valence electrons. The number of aliphatic carboxylic acids is 1. The van der Waals surface area contributed by atoms with Crippen molar-refractivity contribution in [2.75, 3.05) is 0 Å². The van der Waals surface area contributed by atoms with E-state index >= 15 is 0 Å². The molecule has 0 heterocycles. The van der Waals surface area contributed by atoms with E-state index in [1.165, 1.54) is 44.9 Å². The van der Waals surface area contributed by atoms with Crippen LogP contribution >= 0.6 is 0 Å². The van der Waals surface area contributed by atoms with E-state index in [4.69, 9.17) is 0 Å². The quantitative estimate of drug-likeness (QED) is 0.216. The second kappa shape index (κ2) is 19.0. The second-order valence-corrected chi connectivity index (χ2v) is 17.1. The van der Waals surface area contributed by atoms with Crippen molar-refractivity contribution in [3.63, 3.8) is 0 Å². The first-order chi connectivity index (χ1) is 11.8. The van der Waals surface area contributed by atoms with Gasteiger partial charge in [0.15, 0.2) is 0 Å². The molecule has 0 rings (SSSR count). The fourth-order valence-electron chi connectivity index (χ4n) is 2.76. The predicted molar refractivity (Wildman–Crippen MR) is 112 cm³/mol. The van der Waals surface area contributed by atoms with Crippen LogP contribution in [0.1, 0.15) is 112 Å². The van der Waals surface area contributed by atoms with Gasteiger partial charge in [0.05, 0.1) is 0 Å². The van der Waals surface area contributed by atoms with Crippen molar-refractivity contribution in [2.24, 2.45) is 5.41 Å². The van der Waals surface area contributed by atoms with Crippen LogP contribution in [0.2, 0.25) is 13.3 Å². The molecule has 0 saturated heterocycles. The Morgan fingerprint density at radius 2 is 1.20 bits per heavy atom. The molecule has 2 nitrogen and oxygen atoms in total. The summed E-state index contributed by atoms with van der Waals surface area (Å²) in [5, 5.41) is 10.0. The first-order valence-electron chi connectivity index (χ1n) is 10.8. The number of carboxylic acids is 1. The van der Waals surface area contributed by atoms with Gasteiger partial charge in [0.25, 0.3) is 0 Å². The summed E-state index contributed by atoms with van der Waals surface area (Å²) >= 11 is -0.839. The zero-order valence-corrected chi connectivity index (χ0v) is 21.1. The number of hydrogen-bond donors (Lipinski definition) is 0. The van der Waals surface area contributed by atoms with Crippen LogP contribution in [0.4, 0.5) is 0 Å². The molecule has 3 heteroatoms. The van der Waals surface area contributed by atoms with Crippen LogP contribution in [-0.2, 0) is 4.79 Å². The zero-order chi connectivity index (χ0) is 19.6. The van der Waals surface area contributed by atoms with E-state index in [0.29, 0.717) is 5.41 Å². The average Bonchev–Trinajstić information content (AvgIpc) is 2.53. The molecule has 0 saturated carbocycles. The molecule has 25 heavy (non-hydrogen) atoms. The second-order valence-electron chi connectivity index (χ2n) is 8.55. The summed E-state index contributed by atoms with van der Waals surface area (Å²) in [4.78, 5) is 10.0. The number of carboxylic acid groups (broad SMARTS) is 1. The molecule has 0 aromatic rings. The van der Waals surface area contributed by atoms with Gasteiger partial charge in [-0.2, -0.15) is 0 Å². The average molecular weight is 461 g/mol. The Labute approximate surface area is 166 Å². The van der Waals surface area contributed by atoms with Crippen LogP contribution in [0.15, 0.2) is 0 Å². The van der Waals surface area contributed by atoms with Crippen molar-refractivity contribution in [2.45, 2.75) is 125 Å². The van der Waals surface area contributed by atoms with Crippen LogP contribution in [0.3, 0.4) is 0 Å². The van der Waals surface area contributed by atoms with E-state index in [9.17, 15) is 9.90 Å². The Hall–Kier alpha value is 0.269. The first kappa shape index (κ1) is 27.5. The summed E-state index contributed by atoms with van der Waals surface area (Å²) in [6.45, 7) is 13.6. The molecule has 0 fully saturated rings. The van der Waals surface area contributed by atoms with Crippen molar-refractivity contribution >= 4 is 25.7 Å². The van der Waals surface area contributed by atoms with E-state index < -0.39 is 25.7 Å². The van der Waals surface area contributed by atoms with Gasteiger partial charge in [-0.25, -0.2) is 0 Å². The van der Waals surface area contributed by atoms with Crippen molar-refractivity contribution in [1.29, 1.82) is 0 Å². The molecule has 0 atom stereocenters. The van der Waals surface area contributed by atoms with Gasteiger partial charge in [-0.3, -0.25) is 0 Å². The summed E-state index contributed by atoms with van der Waals surface area (Å²) in [5.74, 6) is -0.925. The SMILES string of the molecule is CC(C)(C)CCCCCC(=O)[O-].CCC[CH2][Sn+]([CH2]CCC)[CH2]CCC. The van der Waals surface area contributed by atoms with Gasteiger partial charge in [-0.1, -0.05) is 33.6 Å². The van der Waals surface area contributed by atoms with Gasteiger partial charge in [0, 0.05) is 5.97 Å². The van der Waals surface area contributed by atoms with Crippen LogP contribution in [0.5, 0.6) is 0 Å². The van der Waals surface area contributed by atoms with Gasteiger partial charge >= 0.3 is 92.4 Å². The third-order valence-electron chi connectivity index (χ3n) is 4.46. The topological polar surface area (TPSA) is 40.1 Å². The maximum atomic E-state index is 10.0. The van der Waals surface area contributed by atoms with Crippen LogP contribution in [0.25, 0.3) is 0 Å². The fraction of sp³-hybridized carbons (Fsp3) is 0.955. The Kier molecular flexibility index (Phi) is 20.9. The van der Waals surface area contributed by atoms with Gasteiger partial charge in [0.2, 0.25) is 0 Å². The molecular weight excluding hydrogens is 415 g/mol. The standard InChI is InChI=1S/C10H20O2.3C4H9.Sn/c1-10(2,3)8-6-4-5-7-9(11)12;3*1-3-4-2;/h4-8H2,1-3H3,(H,11,12);3*1,3-4H2,2H3;/q;;;;+1/p-1. The van der Waals surface area contributed by atoms with Gasteiger partial charge in [-0.05, 0) is 24.7 Å². The van der Waals surface area contributed by atoms with E-state index in [-0.39, 0.29) is 6.42 Å². The molecule has 0 aliphatic carbocycles. The fourth-order valence-corrected chi connectivity index (χ4v) is 12.2. The molecule has 0 spiro atoms. The molecular formula is C22H46O2Sn. The Morgan fingerprint density at radius 1 is 0.760 bits per heavy atom.